The molecular formula is C11H15N3O. The fourth-order valence-corrected chi connectivity index (χ4v) is 1.29. The lowest BCUT2D eigenvalue weighted by molar-refractivity contribution is -0.120. The molecular weight excluding hydrogens is 190 g/mol. The predicted octanol–water partition coefficient (Wildman–Crippen LogP) is 0.272. The Bertz CT molecular complexity index is 375. The Hall–Kier alpha value is -1.60. The smallest absolute Gasteiger partial charge is 0.150 e. The number of ketones is 1. The van der Waals surface area contributed by atoms with Crippen LogP contribution in [0.5, 0.6) is 0 Å². The molecule has 0 aliphatic heterocycles. The van der Waals surface area contributed by atoms with Crippen molar-refractivity contribution < 1.29 is 4.79 Å². The minimum atomic E-state index is -0.522. The summed E-state index contributed by atoms with van der Waals surface area (Å²) >= 11 is 0. The third kappa shape index (κ3) is 3.56. The number of Topliss-reactive ketones (excluding diaryl/α,β-unsaturated/α-hetero) is 1. The molecule has 4 heteroatoms. The first-order chi connectivity index (χ1) is 7.13. The van der Waals surface area contributed by atoms with Crippen molar-refractivity contribution in [3.05, 3.63) is 18.0 Å². The molecule has 1 atom stereocenters. The molecule has 0 bridgehead atoms. The highest BCUT2D eigenvalue weighted by Crippen LogP contribution is 2.03. The van der Waals surface area contributed by atoms with Crippen molar-refractivity contribution in [3.8, 4) is 12.3 Å². The Balaban J connectivity index is 2.38. The van der Waals surface area contributed by atoms with Crippen LogP contribution in [0.2, 0.25) is 0 Å². The van der Waals surface area contributed by atoms with E-state index in [-0.39, 0.29) is 5.78 Å². The molecule has 0 radical (unpaired) electrons. The Morgan fingerprint density at radius 2 is 2.53 bits per heavy atom. The third-order valence-electron chi connectivity index (χ3n) is 2.17. The lowest BCUT2D eigenvalue weighted by Crippen LogP contribution is -2.30. The zero-order valence-corrected chi connectivity index (χ0v) is 8.81. The largest absolute Gasteiger partial charge is 0.321 e. The number of nitrogens with two attached hydrogens (primary N) is 1. The summed E-state index contributed by atoms with van der Waals surface area (Å²) in [5.41, 5.74) is 6.62. The summed E-state index contributed by atoms with van der Waals surface area (Å²) in [4.78, 5) is 11.5. The molecule has 4 nitrogen and oxygen atoms in total. The summed E-state index contributed by atoms with van der Waals surface area (Å²) in [6.07, 6.45) is 10.1. The molecule has 0 aliphatic rings. The average Bonchev–Trinajstić information content (AvgIpc) is 2.61. The van der Waals surface area contributed by atoms with Crippen LogP contribution in [0.4, 0.5) is 0 Å². The second kappa shape index (κ2) is 5.32. The van der Waals surface area contributed by atoms with Crippen molar-refractivity contribution in [3.63, 3.8) is 0 Å². The molecule has 1 aromatic heterocycles. The molecule has 1 unspecified atom stereocenters. The maximum Gasteiger partial charge on any atom is 0.150 e. The second-order valence-electron chi connectivity index (χ2n) is 3.50. The van der Waals surface area contributed by atoms with Crippen LogP contribution >= 0.6 is 0 Å². The molecule has 0 aliphatic carbocycles. The van der Waals surface area contributed by atoms with E-state index in [1.807, 2.05) is 13.2 Å². The Kier molecular flexibility index (Phi) is 4.07. The first kappa shape index (κ1) is 11.5. The summed E-state index contributed by atoms with van der Waals surface area (Å²) < 4.78 is 1.71. The first-order valence-corrected chi connectivity index (χ1v) is 4.82. The third-order valence-corrected chi connectivity index (χ3v) is 2.17. The van der Waals surface area contributed by atoms with Crippen molar-refractivity contribution in [2.45, 2.75) is 25.3 Å². The Morgan fingerprint density at radius 3 is 3.07 bits per heavy atom. The summed E-state index contributed by atoms with van der Waals surface area (Å²) in [5, 5.41) is 4.02. The van der Waals surface area contributed by atoms with Gasteiger partial charge in [-0.05, 0) is 12.0 Å². The van der Waals surface area contributed by atoms with Crippen molar-refractivity contribution >= 4 is 5.78 Å². The average molecular weight is 205 g/mol. The Morgan fingerprint density at radius 1 is 1.80 bits per heavy atom. The molecule has 0 saturated carbocycles. The maximum atomic E-state index is 11.5. The quantitative estimate of drug-likeness (QED) is 0.702. The molecule has 1 rings (SSSR count). The van der Waals surface area contributed by atoms with Gasteiger partial charge in [0.05, 0.1) is 12.2 Å². The topological polar surface area (TPSA) is 60.9 Å². The van der Waals surface area contributed by atoms with Gasteiger partial charge in [-0.1, -0.05) is 0 Å². The number of hydrogen-bond donors (Lipinski definition) is 1. The molecule has 0 fully saturated rings. The van der Waals surface area contributed by atoms with Crippen molar-refractivity contribution in [2.75, 3.05) is 0 Å². The molecule has 15 heavy (non-hydrogen) atoms. The summed E-state index contributed by atoms with van der Waals surface area (Å²) in [7, 11) is 1.84. The summed E-state index contributed by atoms with van der Waals surface area (Å²) in [6.45, 7) is 0. The maximum absolute atomic E-state index is 11.5. The van der Waals surface area contributed by atoms with E-state index in [0.717, 1.165) is 5.56 Å². The van der Waals surface area contributed by atoms with Crippen LogP contribution < -0.4 is 5.73 Å². The highest BCUT2D eigenvalue weighted by Gasteiger charge is 2.12. The van der Waals surface area contributed by atoms with Crippen LogP contribution in [0.15, 0.2) is 12.4 Å². The van der Waals surface area contributed by atoms with Crippen LogP contribution in [0, 0.1) is 12.3 Å². The molecule has 0 aromatic carbocycles. The first-order valence-electron chi connectivity index (χ1n) is 4.82. The molecule has 1 heterocycles. The number of aromatic nitrogens is 2. The normalized spacial score (nSPS) is 12.1. The van der Waals surface area contributed by atoms with Crippen molar-refractivity contribution in [1.29, 1.82) is 0 Å². The zero-order valence-electron chi connectivity index (χ0n) is 8.81. The van der Waals surface area contributed by atoms with Crippen molar-refractivity contribution in [1.82, 2.24) is 9.78 Å². The van der Waals surface area contributed by atoms with E-state index >= 15 is 0 Å². The summed E-state index contributed by atoms with van der Waals surface area (Å²) in [6, 6.07) is -0.522. The van der Waals surface area contributed by atoms with Gasteiger partial charge < -0.3 is 5.73 Å². The number of hydrogen-bond acceptors (Lipinski definition) is 3. The monoisotopic (exact) mass is 205 g/mol. The van der Waals surface area contributed by atoms with Gasteiger partial charge >= 0.3 is 0 Å². The summed E-state index contributed by atoms with van der Waals surface area (Å²) in [5.74, 6) is 2.40. The van der Waals surface area contributed by atoms with E-state index in [1.54, 1.807) is 10.9 Å². The van der Waals surface area contributed by atoms with Crippen LogP contribution in [-0.4, -0.2) is 21.6 Å². The molecule has 2 N–H and O–H groups in total. The van der Waals surface area contributed by atoms with E-state index in [2.05, 4.69) is 11.0 Å². The number of nitrogens with zero attached hydrogens (tertiary/aromatic N) is 2. The van der Waals surface area contributed by atoms with Gasteiger partial charge in [0.2, 0.25) is 0 Å². The van der Waals surface area contributed by atoms with Gasteiger partial charge in [0.15, 0.2) is 5.78 Å². The SMILES string of the molecule is C#CCC(N)C(=O)CCc1cnn(C)c1. The van der Waals surface area contributed by atoms with Crippen LogP contribution in [0.3, 0.4) is 0 Å². The van der Waals surface area contributed by atoms with Crippen LogP contribution in [-0.2, 0) is 18.3 Å². The van der Waals surface area contributed by atoms with E-state index in [4.69, 9.17) is 12.2 Å². The zero-order chi connectivity index (χ0) is 11.3. The van der Waals surface area contributed by atoms with Gasteiger partial charge in [-0.2, -0.15) is 5.10 Å². The fraction of sp³-hybridized carbons (Fsp3) is 0.455. The highest BCUT2D eigenvalue weighted by atomic mass is 16.1. The number of aryl methyl sites for hydroxylation is 2. The molecule has 0 saturated heterocycles. The lowest BCUT2D eigenvalue weighted by Gasteiger charge is -2.05. The van der Waals surface area contributed by atoms with Gasteiger partial charge in [0.25, 0.3) is 0 Å². The van der Waals surface area contributed by atoms with E-state index in [1.165, 1.54) is 0 Å². The molecule has 1 aromatic rings. The number of carbonyl (C=O) groups excluding carboxylic acids is 1. The molecule has 0 spiro atoms. The minimum Gasteiger partial charge on any atom is -0.321 e. The number of terminal acetylenes is 1. The van der Waals surface area contributed by atoms with Gasteiger partial charge in [-0.15, -0.1) is 12.3 Å². The van der Waals surface area contributed by atoms with E-state index < -0.39 is 6.04 Å². The number of rotatable bonds is 5. The minimum absolute atomic E-state index is 0.0109. The number of carbonyl (C=O) groups is 1. The van der Waals surface area contributed by atoms with Crippen LogP contribution in [0.1, 0.15) is 18.4 Å². The van der Waals surface area contributed by atoms with Crippen molar-refractivity contribution in [2.24, 2.45) is 12.8 Å². The van der Waals surface area contributed by atoms with Gasteiger partial charge in [0, 0.05) is 26.1 Å². The van der Waals surface area contributed by atoms with Gasteiger partial charge in [-0.25, -0.2) is 0 Å². The van der Waals surface area contributed by atoms with E-state index in [0.29, 0.717) is 19.3 Å². The highest BCUT2D eigenvalue weighted by molar-refractivity contribution is 5.84. The fourth-order valence-electron chi connectivity index (χ4n) is 1.29. The molecule has 0 amide bonds. The van der Waals surface area contributed by atoms with Gasteiger partial charge in [-0.3, -0.25) is 9.48 Å². The predicted molar refractivity (Wildman–Crippen MR) is 58.0 cm³/mol. The van der Waals surface area contributed by atoms with E-state index in [9.17, 15) is 4.79 Å². The molecule has 80 valence electrons. The second-order valence-corrected chi connectivity index (χ2v) is 3.50. The Labute approximate surface area is 89.5 Å². The lowest BCUT2D eigenvalue weighted by atomic mass is 10.0. The standard InChI is InChI=1S/C11H15N3O/c1-3-4-10(12)11(15)6-5-9-7-13-14(2)8-9/h1,7-8,10H,4-6,12H2,2H3. The van der Waals surface area contributed by atoms with Crippen LogP contribution in [0.25, 0.3) is 0 Å². The van der Waals surface area contributed by atoms with Gasteiger partial charge in [0.1, 0.15) is 0 Å².